The number of aromatic nitrogens is 2. The lowest BCUT2D eigenvalue weighted by atomic mass is 10.1. The smallest absolute Gasteiger partial charge is 0.273 e. The monoisotopic (exact) mass is 354 g/mol. The van der Waals surface area contributed by atoms with Crippen LogP contribution in [0.15, 0.2) is 60.8 Å². The SMILES string of the molecule is C[C@@H](Nc1ccc(NC(=O)c2ccnn2C)cc1Cl)c1ccccc1. The van der Waals surface area contributed by atoms with Crippen LogP contribution in [0.5, 0.6) is 0 Å². The van der Waals surface area contributed by atoms with E-state index in [9.17, 15) is 4.79 Å². The molecule has 0 bridgehead atoms. The number of hydrogen-bond donors (Lipinski definition) is 2. The maximum atomic E-state index is 12.2. The van der Waals surface area contributed by atoms with Gasteiger partial charge in [0.15, 0.2) is 0 Å². The zero-order valence-corrected chi connectivity index (χ0v) is 14.8. The van der Waals surface area contributed by atoms with Crippen LogP contribution in [0.3, 0.4) is 0 Å². The maximum absolute atomic E-state index is 12.2. The number of carbonyl (C=O) groups excluding carboxylic acids is 1. The zero-order chi connectivity index (χ0) is 17.8. The van der Waals surface area contributed by atoms with Crippen molar-refractivity contribution in [3.63, 3.8) is 0 Å². The summed E-state index contributed by atoms with van der Waals surface area (Å²) in [4.78, 5) is 12.2. The second-order valence-electron chi connectivity index (χ2n) is 5.77. The molecular formula is C19H19ClN4O. The molecule has 5 nitrogen and oxygen atoms in total. The number of halogens is 1. The van der Waals surface area contributed by atoms with E-state index in [-0.39, 0.29) is 11.9 Å². The third-order valence-electron chi connectivity index (χ3n) is 3.95. The van der Waals surface area contributed by atoms with Crippen molar-refractivity contribution >= 4 is 28.9 Å². The van der Waals surface area contributed by atoms with Crippen molar-refractivity contribution in [2.45, 2.75) is 13.0 Å². The summed E-state index contributed by atoms with van der Waals surface area (Å²) >= 11 is 6.37. The fraction of sp³-hybridized carbons (Fsp3) is 0.158. The lowest BCUT2D eigenvalue weighted by Gasteiger charge is -2.17. The molecule has 3 rings (SSSR count). The largest absolute Gasteiger partial charge is 0.377 e. The molecule has 0 fully saturated rings. The highest BCUT2D eigenvalue weighted by atomic mass is 35.5. The summed E-state index contributed by atoms with van der Waals surface area (Å²) in [6.45, 7) is 2.07. The Balaban J connectivity index is 1.71. The predicted octanol–water partition coefficient (Wildman–Crippen LogP) is 4.50. The van der Waals surface area contributed by atoms with Crippen LogP contribution in [0.1, 0.15) is 29.0 Å². The Morgan fingerprint density at radius 2 is 1.92 bits per heavy atom. The van der Waals surface area contributed by atoms with Crippen LogP contribution < -0.4 is 10.6 Å². The first kappa shape index (κ1) is 17.0. The van der Waals surface area contributed by atoms with Crippen LogP contribution in [-0.4, -0.2) is 15.7 Å². The van der Waals surface area contributed by atoms with Gasteiger partial charge in [-0.25, -0.2) is 0 Å². The van der Waals surface area contributed by atoms with Gasteiger partial charge in [-0.15, -0.1) is 0 Å². The second kappa shape index (κ2) is 7.40. The lowest BCUT2D eigenvalue weighted by Crippen LogP contribution is -2.16. The minimum absolute atomic E-state index is 0.119. The zero-order valence-electron chi connectivity index (χ0n) is 14.0. The molecule has 0 aliphatic heterocycles. The van der Waals surface area contributed by atoms with Gasteiger partial charge >= 0.3 is 0 Å². The van der Waals surface area contributed by atoms with Gasteiger partial charge in [-0.05, 0) is 36.8 Å². The van der Waals surface area contributed by atoms with Crippen molar-refractivity contribution < 1.29 is 4.79 Å². The Kier molecular flexibility index (Phi) is 5.05. The number of anilines is 2. The molecule has 0 saturated carbocycles. The van der Waals surface area contributed by atoms with Gasteiger partial charge in [-0.3, -0.25) is 9.48 Å². The lowest BCUT2D eigenvalue weighted by molar-refractivity contribution is 0.101. The number of rotatable bonds is 5. The highest BCUT2D eigenvalue weighted by molar-refractivity contribution is 6.33. The maximum Gasteiger partial charge on any atom is 0.273 e. The summed E-state index contributed by atoms with van der Waals surface area (Å²) in [6, 6.07) is 17.3. The first-order valence-corrected chi connectivity index (χ1v) is 8.33. The van der Waals surface area contributed by atoms with Crippen molar-refractivity contribution in [2.75, 3.05) is 10.6 Å². The van der Waals surface area contributed by atoms with Crippen molar-refractivity contribution in [3.05, 3.63) is 77.1 Å². The second-order valence-corrected chi connectivity index (χ2v) is 6.17. The first-order valence-electron chi connectivity index (χ1n) is 7.95. The van der Waals surface area contributed by atoms with E-state index in [1.807, 2.05) is 30.3 Å². The topological polar surface area (TPSA) is 58.9 Å². The summed E-state index contributed by atoms with van der Waals surface area (Å²) < 4.78 is 1.52. The number of carbonyl (C=O) groups is 1. The number of nitrogens with zero attached hydrogens (tertiary/aromatic N) is 2. The van der Waals surface area contributed by atoms with E-state index in [1.165, 1.54) is 10.2 Å². The summed E-state index contributed by atoms with van der Waals surface area (Å²) in [6.07, 6.45) is 1.58. The van der Waals surface area contributed by atoms with Crippen molar-refractivity contribution in [1.82, 2.24) is 9.78 Å². The summed E-state index contributed by atoms with van der Waals surface area (Å²) in [5, 5.41) is 10.8. The summed E-state index contributed by atoms with van der Waals surface area (Å²) in [5.41, 5.74) is 3.11. The molecule has 2 N–H and O–H groups in total. The van der Waals surface area contributed by atoms with Crippen LogP contribution in [0, 0.1) is 0 Å². The van der Waals surface area contributed by atoms with E-state index in [1.54, 1.807) is 25.4 Å². The standard InChI is InChI=1S/C19H19ClN4O/c1-13(14-6-4-3-5-7-14)22-17-9-8-15(12-16(17)20)23-19(25)18-10-11-21-24(18)2/h3-13,22H,1-2H3,(H,23,25)/t13-/m1/s1. The molecule has 1 amide bonds. The molecule has 25 heavy (non-hydrogen) atoms. The fourth-order valence-corrected chi connectivity index (χ4v) is 2.80. The molecule has 0 aliphatic rings. The van der Waals surface area contributed by atoms with E-state index in [0.29, 0.717) is 16.4 Å². The average molecular weight is 355 g/mol. The minimum atomic E-state index is -0.227. The van der Waals surface area contributed by atoms with Gasteiger partial charge in [0.25, 0.3) is 5.91 Å². The van der Waals surface area contributed by atoms with E-state index < -0.39 is 0 Å². The fourth-order valence-electron chi connectivity index (χ4n) is 2.56. The van der Waals surface area contributed by atoms with Crippen LogP contribution in [0.25, 0.3) is 0 Å². The van der Waals surface area contributed by atoms with Gasteiger partial charge in [-0.2, -0.15) is 5.10 Å². The van der Waals surface area contributed by atoms with E-state index >= 15 is 0 Å². The van der Waals surface area contributed by atoms with E-state index in [0.717, 1.165) is 5.69 Å². The highest BCUT2D eigenvalue weighted by Gasteiger charge is 2.12. The van der Waals surface area contributed by atoms with Gasteiger partial charge in [0.1, 0.15) is 5.69 Å². The molecule has 1 aromatic heterocycles. The molecule has 0 aliphatic carbocycles. The molecular weight excluding hydrogens is 336 g/mol. The Bertz CT molecular complexity index is 876. The third-order valence-corrected chi connectivity index (χ3v) is 4.26. The number of hydrogen-bond acceptors (Lipinski definition) is 3. The summed E-state index contributed by atoms with van der Waals surface area (Å²) in [5.74, 6) is -0.227. The molecule has 0 spiro atoms. The molecule has 1 heterocycles. The molecule has 0 unspecified atom stereocenters. The molecule has 6 heteroatoms. The molecule has 0 saturated heterocycles. The third kappa shape index (κ3) is 4.00. The van der Waals surface area contributed by atoms with E-state index in [2.05, 4.69) is 34.8 Å². The molecule has 0 radical (unpaired) electrons. The van der Waals surface area contributed by atoms with Gasteiger partial charge in [-0.1, -0.05) is 41.9 Å². The normalized spacial score (nSPS) is 11.8. The van der Waals surface area contributed by atoms with Crippen LogP contribution in [-0.2, 0) is 7.05 Å². The molecule has 3 aromatic rings. The van der Waals surface area contributed by atoms with Crippen LogP contribution >= 0.6 is 11.6 Å². The van der Waals surface area contributed by atoms with Gasteiger partial charge < -0.3 is 10.6 Å². The first-order chi connectivity index (χ1) is 12.0. The highest BCUT2D eigenvalue weighted by Crippen LogP contribution is 2.29. The van der Waals surface area contributed by atoms with Gasteiger partial charge in [0.05, 0.1) is 10.7 Å². The quantitative estimate of drug-likeness (QED) is 0.709. The van der Waals surface area contributed by atoms with Gasteiger partial charge in [0.2, 0.25) is 0 Å². The minimum Gasteiger partial charge on any atom is -0.377 e. The number of amides is 1. The Morgan fingerprint density at radius 1 is 1.16 bits per heavy atom. The molecule has 1 atom stereocenters. The van der Waals surface area contributed by atoms with Crippen molar-refractivity contribution in [1.29, 1.82) is 0 Å². The Hall–Kier alpha value is -2.79. The number of nitrogens with one attached hydrogen (secondary N) is 2. The number of benzene rings is 2. The Morgan fingerprint density at radius 3 is 2.56 bits per heavy atom. The molecule has 2 aromatic carbocycles. The summed E-state index contributed by atoms with van der Waals surface area (Å²) in [7, 11) is 1.72. The van der Waals surface area contributed by atoms with Gasteiger partial charge in [0, 0.05) is 25.0 Å². The molecule has 128 valence electrons. The van der Waals surface area contributed by atoms with Crippen molar-refractivity contribution in [2.24, 2.45) is 7.05 Å². The van der Waals surface area contributed by atoms with Crippen LogP contribution in [0.2, 0.25) is 5.02 Å². The van der Waals surface area contributed by atoms with Crippen molar-refractivity contribution in [3.8, 4) is 0 Å². The average Bonchev–Trinajstić information content (AvgIpc) is 3.04. The Labute approximate surface area is 151 Å². The predicted molar refractivity (Wildman–Crippen MR) is 101 cm³/mol. The number of aryl methyl sites for hydroxylation is 1. The van der Waals surface area contributed by atoms with Crippen LogP contribution in [0.4, 0.5) is 11.4 Å². The van der Waals surface area contributed by atoms with E-state index in [4.69, 9.17) is 11.6 Å².